The topological polar surface area (TPSA) is 58.6 Å². The van der Waals surface area contributed by atoms with Crippen molar-refractivity contribution in [2.45, 2.75) is 51.5 Å². The normalized spacial score (nSPS) is 34.2. The molecule has 134 valence electrons. The van der Waals surface area contributed by atoms with Crippen molar-refractivity contribution < 1.29 is 14.3 Å². The van der Waals surface area contributed by atoms with Crippen LogP contribution in [0.4, 0.5) is 0 Å². The molecule has 2 aliphatic carbocycles. The van der Waals surface area contributed by atoms with E-state index in [-0.39, 0.29) is 17.4 Å². The molecule has 5 heteroatoms. The van der Waals surface area contributed by atoms with Gasteiger partial charge in [-0.3, -0.25) is 9.59 Å². The number of nitrogens with zero attached hydrogens (tertiary/aromatic N) is 1. The van der Waals surface area contributed by atoms with Gasteiger partial charge in [-0.25, -0.2) is 0 Å². The van der Waals surface area contributed by atoms with Crippen LogP contribution in [-0.2, 0) is 14.3 Å². The maximum absolute atomic E-state index is 12.5. The lowest BCUT2D eigenvalue weighted by Crippen LogP contribution is -2.60. The second-order valence-electron chi connectivity index (χ2n) is 8.63. The highest BCUT2D eigenvalue weighted by Gasteiger charge is 2.61. The Kier molecular flexibility index (Phi) is 4.10. The molecule has 2 unspecified atom stereocenters. The van der Waals surface area contributed by atoms with Gasteiger partial charge in [0.15, 0.2) is 0 Å². The van der Waals surface area contributed by atoms with Crippen molar-refractivity contribution in [2.75, 3.05) is 26.3 Å². The van der Waals surface area contributed by atoms with Crippen LogP contribution >= 0.6 is 0 Å². The van der Waals surface area contributed by atoms with Gasteiger partial charge in [0.25, 0.3) is 0 Å². The summed E-state index contributed by atoms with van der Waals surface area (Å²) in [6, 6.07) is 0. The fraction of sp³-hybridized carbons (Fsp3) is 0.895. The number of hydrogen-bond acceptors (Lipinski definition) is 3. The van der Waals surface area contributed by atoms with Gasteiger partial charge >= 0.3 is 0 Å². The molecule has 2 heterocycles. The molecule has 0 aromatic heterocycles. The van der Waals surface area contributed by atoms with Gasteiger partial charge in [0.2, 0.25) is 11.8 Å². The third-order valence-corrected chi connectivity index (χ3v) is 6.74. The summed E-state index contributed by atoms with van der Waals surface area (Å²) < 4.78 is 5.38. The number of carbonyl (C=O) groups excluding carboxylic acids is 2. The first-order valence-corrected chi connectivity index (χ1v) is 9.71. The SMILES string of the molecule is CCCC(C)CC(=O)N1CC(C2(NC(=O)C3[C@H]4COC[C@@H]34)CC2)C1. The molecule has 1 N–H and O–H groups in total. The highest BCUT2D eigenvalue weighted by Crippen LogP contribution is 2.53. The predicted molar refractivity (Wildman–Crippen MR) is 90.2 cm³/mol. The minimum Gasteiger partial charge on any atom is -0.381 e. The van der Waals surface area contributed by atoms with Crippen molar-refractivity contribution in [1.82, 2.24) is 10.2 Å². The van der Waals surface area contributed by atoms with Crippen molar-refractivity contribution in [1.29, 1.82) is 0 Å². The lowest BCUT2D eigenvalue weighted by Gasteiger charge is -2.44. The first kappa shape index (κ1) is 16.4. The van der Waals surface area contributed by atoms with Crippen molar-refractivity contribution in [3.63, 3.8) is 0 Å². The molecule has 2 saturated heterocycles. The Morgan fingerprint density at radius 1 is 1.25 bits per heavy atom. The van der Waals surface area contributed by atoms with Crippen molar-refractivity contribution in [3.05, 3.63) is 0 Å². The molecule has 4 atom stereocenters. The van der Waals surface area contributed by atoms with E-state index in [0.717, 1.165) is 52.0 Å². The van der Waals surface area contributed by atoms with E-state index >= 15 is 0 Å². The zero-order chi connectivity index (χ0) is 16.9. The minimum absolute atomic E-state index is 0.000637. The van der Waals surface area contributed by atoms with E-state index in [2.05, 4.69) is 19.2 Å². The third-order valence-electron chi connectivity index (χ3n) is 6.74. The lowest BCUT2D eigenvalue weighted by molar-refractivity contribution is -0.140. The van der Waals surface area contributed by atoms with E-state index in [9.17, 15) is 9.59 Å². The lowest BCUT2D eigenvalue weighted by atomic mass is 9.87. The van der Waals surface area contributed by atoms with Crippen molar-refractivity contribution >= 4 is 11.8 Å². The molecule has 2 aliphatic heterocycles. The van der Waals surface area contributed by atoms with E-state index in [1.165, 1.54) is 0 Å². The molecule has 2 amide bonds. The Balaban J connectivity index is 1.23. The number of nitrogens with one attached hydrogen (secondary N) is 1. The molecule has 24 heavy (non-hydrogen) atoms. The molecular weight excluding hydrogens is 304 g/mol. The minimum atomic E-state index is 0.000637. The summed E-state index contributed by atoms with van der Waals surface area (Å²) in [6.45, 7) is 7.52. The average molecular weight is 334 g/mol. The Morgan fingerprint density at radius 3 is 2.50 bits per heavy atom. The molecule has 5 nitrogen and oxygen atoms in total. The van der Waals surface area contributed by atoms with Crippen molar-refractivity contribution in [3.8, 4) is 0 Å². The molecule has 0 radical (unpaired) electrons. The zero-order valence-corrected chi connectivity index (χ0v) is 14.9. The highest BCUT2D eigenvalue weighted by atomic mass is 16.5. The standard InChI is InChI=1S/C19H30N2O3/c1-3-4-12(2)7-16(22)21-8-13(9-21)19(5-6-19)20-18(23)17-14-10-24-11-15(14)17/h12-15,17H,3-11H2,1-2H3,(H,20,23)/t12?,14-,15+,17?. The monoisotopic (exact) mass is 334 g/mol. The molecule has 0 aromatic carbocycles. The van der Waals surface area contributed by atoms with Crippen LogP contribution in [0.5, 0.6) is 0 Å². The van der Waals surface area contributed by atoms with Crippen LogP contribution in [0.1, 0.15) is 46.0 Å². The summed E-state index contributed by atoms with van der Waals surface area (Å²) in [6.07, 6.45) is 5.09. The first-order valence-electron chi connectivity index (χ1n) is 9.71. The summed E-state index contributed by atoms with van der Waals surface area (Å²) in [4.78, 5) is 26.8. The first-order chi connectivity index (χ1) is 11.5. The largest absolute Gasteiger partial charge is 0.381 e. The Labute approximate surface area is 144 Å². The van der Waals surface area contributed by atoms with Gasteiger partial charge in [0.05, 0.1) is 13.2 Å². The average Bonchev–Trinajstić information content (AvgIpc) is 3.34. The number of likely N-dealkylation sites (tertiary alicyclic amines) is 1. The van der Waals surface area contributed by atoms with Gasteiger partial charge in [-0.2, -0.15) is 0 Å². The second-order valence-corrected chi connectivity index (χ2v) is 8.63. The van der Waals surface area contributed by atoms with Gasteiger partial charge < -0.3 is 15.0 Å². The van der Waals surface area contributed by atoms with E-state index < -0.39 is 0 Å². The quantitative estimate of drug-likeness (QED) is 0.772. The number of amides is 2. The fourth-order valence-electron chi connectivity index (χ4n) is 4.78. The zero-order valence-electron chi connectivity index (χ0n) is 14.9. The van der Waals surface area contributed by atoms with Crippen molar-refractivity contribution in [2.24, 2.45) is 29.6 Å². The number of ether oxygens (including phenoxy) is 1. The van der Waals surface area contributed by atoms with Gasteiger partial charge in [-0.05, 0) is 30.6 Å². The fourth-order valence-corrected chi connectivity index (χ4v) is 4.78. The highest BCUT2D eigenvalue weighted by molar-refractivity contribution is 5.84. The Morgan fingerprint density at radius 2 is 1.92 bits per heavy atom. The smallest absolute Gasteiger partial charge is 0.224 e. The summed E-state index contributed by atoms with van der Waals surface area (Å²) in [5.41, 5.74) is 0.000637. The maximum Gasteiger partial charge on any atom is 0.224 e. The molecule has 4 rings (SSSR count). The van der Waals surface area contributed by atoms with Crippen LogP contribution in [0.15, 0.2) is 0 Å². The Bertz CT molecular complexity index is 515. The summed E-state index contributed by atoms with van der Waals surface area (Å²) >= 11 is 0. The van der Waals surface area contributed by atoms with Crippen LogP contribution in [0, 0.1) is 29.6 Å². The number of hydrogen-bond donors (Lipinski definition) is 1. The molecule has 0 spiro atoms. The number of carbonyl (C=O) groups is 2. The number of rotatable bonds is 7. The van der Waals surface area contributed by atoms with Crippen LogP contribution in [-0.4, -0.2) is 48.6 Å². The Hall–Kier alpha value is -1.10. The predicted octanol–water partition coefficient (Wildman–Crippen LogP) is 1.81. The van der Waals surface area contributed by atoms with Crippen LogP contribution < -0.4 is 5.32 Å². The molecule has 4 aliphatic rings. The maximum atomic E-state index is 12.5. The summed E-state index contributed by atoms with van der Waals surface area (Å²) in [5, 5.41) is 3.35. The molecule has 0 bridgehead atoms. The molecular formula is C19H30N2O3. The summed E-state index contributed by atoms with van der Waals surface area (Å²) in [5.74, 6) is 2.62. The van der Waals surface area contributed by atoms with E-state index in [0.29, 0.717) is 36.0 Å². The van der Waals surface area contributed by atoms with E-state index in [1.54, 1.807) is 0 Å². The van der Waals surface area contributed by atoms with Gasteiger partial charge in [0.1, 0.15) is 0 Å². The van der Waals surface area contributed by atoms with Gasteiger partial charge in [-0.1, -0.05) is 26.7 Å². The second kappa shape index (κ2) is 6.01. The third kappa shape index (κ3) is 2.85. The molecule has 4 fully saturated rings. The number of fused-ring (bicyclic) bond motifs is 1. The molecule has 2 saturated carbocycles. The van der Waals surface area contributed by atoms with E-state index in [4.69, 9.17) is 4.74 Å². The van der Waals surface area contributed by atoms with Gasteiger partial charge in [-0.15, -0.1) is 0 Å². The summed E-state index contributed by atoms with van der Waals surface area (Å²) in [7, 11) is 0. The van der Waals surface area contributed by atoms with Crippen LogP contribution in [0.25, 0.3) is 0 Å². The van der Waals surface area contributed by atoms with Crippen LogP contribution in [0.2, 0.25) is 0 Å². The van der Waals surface area contributed by atoms with Crippen LogP contribution in [0.3, 0.4) is 0 Å². The van der Waals surface area contributed by atoms with Gasteiger partial charge in [0, 0.05) is 36.9 Å². The molecule has 0 aromatic rings. The van der Waals surface area contributed by atoms with E-state index in [1.807, 2.05) is 4.90 Å².